The third-order valence-electron chi connectivity index (χ3n) is 6.53. The second-order valence-electron chi connectivity index (χ2n) is 8.50. The smallest absolute Gasteiger partial charge is 0.225 e. The van der Waals surface area contributed by atoms with E-state index < -0.39 is 0 Å². The number of aryl methyl sites for hydroxylation is 1. The summed E-state index contributed by atoms with van der Waals surface area (Å²) >= 11 is 0. The molecular weight excluding hydrogens is 310 g/mol. The van der Waals surface area contributed by atoms with Crippen molar-refractivity contribution in [1.82, 2.24) is 14.8 Å². The number of aromatic nitrogens is 1. The highest BCUT2D eigenvalue weighted by atomic mass is 16.2. The average Bonchev–Trinajstić information content (AvgIpc) is 3.45. The standard InChI is InChI=1S/C21H31N3O/c1-17-4-2-5-19(22-17)16-23-12-3-8-21(9-13-23)10-14-24(15-11-21)20(25)18-6-7-18/h2,4-5,18H,3,6-16H2,1H3. The van der Waals surface area contributed by atoms with Crippen LogP contribution in [0.15, 0.2) is 18.2 Å². The Balaban J connectivity index is 1.31. The molecule has 1 aromatic rings. The van der Waals surface area contributed by atoms with Gasteiger partial charge in [0.05, 0.1) is 5.69 Å². The molecule has 1 aliphatic carbocycles. The molecule has 1 amide bonds. The molecule has 136 valence electrons. The van der Waals surface area contributed by atoms with E-state index >= 15 is 0 Å². The molecule has 4 rings (SSSR count). The Morgan fingerprint density at radius 2 is 1.88 bits per heavy atom. The summed E-state index contributed by atoms with van der Waals surface area (Å²) in [4.78, 5) is 21.7. The van der Waals surface area contributed by atoms with Crippen molar-refractivity contribution in [1.29, 1.82) is 0 Å². The molecule has 0 unspecified atom stereocenters. The van der Waals surface area contributed by atoms with E-state index in [0.29, 0.717) is 17.2 Å². The van der Waals surface area contributed by atoms with E-state index in [1.165, 1.54) is 50.9 Å². The van der Waals surface area contributed by atoms with Crippen molar-refractivity contribution in [3.63, 3.8) is 0 Å². The highest BCUT2D eigenvalue weighted by molar-refractivity contribution is 5.81. The van der Waals surface area contributed by atoms with E-state index in [9.17, 15) is 4.79 Å². The fourth-order valence-electron chi connectivity index (χ4n) is 4.67. The van der Waals surface area contributed by atoms with Crippen molar-refractivity contribution in [2.75, 3.05) is 26.2 Å². The average molecular weight is 341 g/mol. The molecule has 4 nitrogen and oxygen atoms in total. The highest BCUT2D eigenvalue weighted by Gasteiger charge is 2.40. The number of pyridine rings is 1. The summed E-state index contributed by atoms with van der Waals surface area (Å²) in [6.07, 6.45) is 8.57. The van der Waals surface area contributed by atoms with E-state index in [1.807, 2.05) is 0 Å². The SMILES string of the molecule is Cc1cccc(CN2CCCC3(CC2)CCN(C(=O)C2CC2)CC3)n1. The summed E-state index contributed by atoms with van der Waals surface area (Å²) < 4.78 is 0. The van der Waals surface area contributed by atoms with Crippen molar-refractivity contribution in [2.45, 2.75) is 58.4 Å². The molecule has 0 radical (unpaired) electrons. The Morgan fingerprint density at radius 1 is 1.12 bits per heavy atom. The van der Waals surface area contributed by atoms with Gasteiger partial charge in [-0.15, -0.1) is 0 Å². The van der Waals surface area contributed by atoms with Gasteiger partial charge in [-0.25, -0.2) is 0 Å². The number of carbonyl (C=O) groups excluding carboxylic acids is 1. The predicted molar refractivity (Wildman–Crippen MR) is 99.1 cm³/mol. The summed E-state index contributed by atoms with van der Waals surface area (Å²) in [5.41, 5.74) is 2.78. The Kier molecular flexibility index (Phi) is 4.81. The molecule has 1 aromatic heterocycles. The van der Waals surface area contributed by atoms with Crippen LogP contribution in [0.1, 0.15) is 56.3 Å². The van der Waals surface area contributed by atoms with Crippen molar-refractivity contribution in [3.05, 3.63) is 29.6 Å². The largest absolute Gasteiger partial charge is 0.342 e. The number of hydrogen-bond donors (Lipinski definition) is 0. The fourth-order valence-corrected chi connectivity index (χ4v) is 4.67. The third kappa shape index (κ3) is 4.05. The van der Waals surface area contributed by atoms with Crippen LogP contribution in [0.5, 0.6) is 0 Å². The molecule has 3 fully saturated rings. The maximum absolute atomic E-state index is 12.3. The van der Waals surface area contributed by atoms with Gasteiger partial charge in [0, 0.05) is 31.2 Å². The molecule has 3 aliphatic rings. The molecule has 0 atom stereocenters. The van der Waals surface area contributed by atoms with E-state index in [0.717, 1.165) is 38.2 Å². The summed E-state index contributed by atoms with van der Waals surface area (Å²) in [6, 6.07) is 6.33. The van der Waals surface area contributed by atoms with Crippen LogP contribution in [0.25, 0.3) is 0 Å². The van der Waals surface area contributed by atoms with Gasteiger partial charge in [0.1, 0.15) is 0 Å². The molecule has 1 spiro atoms. The van der Waals surface area contributed by atoms with Crippen LogP contribution in [0.3, 0.4) is 0 Å². The molecule has 0 aromatic carbocycles. The molecule has 0 bridgehead atoms. The normalized spacial score (nSPS) is 24.3. The minimum atomic E-state index is 0.375. The maximum atomic E-state index is 12.3. The molecule has 25 heavy (non-hydrogen) atoms. The highest BCUT2D eigenvalue weighted by Crippen LogP contribution is 2.42. The van der Waals surface area contributed by atoms with Gasteiger partial charge < -0.3 is 4.90 Å². The lowest BCUT2D eigenvalue weighted by Gasteiger charge is -2.41. The fraction of sp³-hybridized carbons (Fsp3) is 0.714. The summed E-state index contributed by atoms with van der Waals surface area (Å²) in [5, 5.41) is 0. The van der Waals surface area contributed by atoms with Gasteiger partial charge >= 0.3 is 0 Å². The molecule has 0 N–H and O–H groups in total. The quantitative estimate of drug-likeness (QED) is 0.845. The second-order valence-corrected chi connectivity index (χ2v) is 8.50. The Labute approximate surface area is 151 Å². The lowest BCUT2D eigenvalue weighted by molar-refractivity contribution is -0.135. The number of likely N-dealkylation sites (tertiary alicyclic amines) is 2. The summed E-state index contributed by atoms with van der Waals surface area (Å²) in [7, 11) is 0. The van der Waals surface area contributed by atoms with E-state index in [1.54, 1.807) is 0 Å². The first-order valence-electron chi connectivity index (χ1n) is 10.1. The van der Waals surface area contributed by atoms with Gasteiger partial charge in [-0.05, 0) is 82.5 Å². The first kappa shape index (κ1) is 17.0. The molecule has 2 saturated heterocycles. The van der Waals surface area contributed by atoms with E-state index in [4.69, 9.17) is 0 Å². The predicted octanol–water partition coefficient (Wildman–Crippen LogP) is 3.39. The van der Waals surface area contributed by atoms with Crippen LogP contribution in [-0.2, 0) is 11.3 Å². The van der Waals surface area contributed by atoms with Crippen molar-refractivity contribution in [3.8, 4) is 0 Å². The van der Waals surface area contributed by atoms with Crippen molar-refractivity contribution < 1.29 is 4.79 Å². The van der Waals surface area contributed by atoms with Crippen molar-refractivity contribution in [2.24, 2.45) is 11.3 Å². The van der Waals surface area contributed by atoms with Crippen LogP contribution < -0.4 is 0 Å². The summed E-state index contributed by atoms with van der Waals surface area (Å²) in [5.74, 6) is 0.816. The number of carbonyl (C=O) groups is 1. The molecule has 2 aliphatic heterocycles. The molecule has 3 heterocycles. The minimum Gasteiger partial charge on any atom is -0.342 e. The van der Waals surface area contributed by atoms with Gasteiger partial charge in [0.25, 0.3) is 0 Å². The van der Waals surface area contributed by atoms with Crippen LogP contribution >= 0.6 is 0 Å². The third-order valence-corrected chi connectivity index (χ3v) is 6.53. The lowest BCUT2D eigenvalue weighted by atomic mass is 9.73. The zero-order valence-electron chi connectivity index (χ0n) is 15.5. The lowest BCUT2D eigenvalue weighted by Crippen LogP contribution is -2.44. The summed E-state index contributed by atoms with van der Waals surface area (Å²) in [6.45, 7) is 7.39. The zero-order chi connectivity index (χ0) is 17.3. The van der Waals surface area contributed by atoms with Crippen LogP contribution in [0, 0.1) is 18.3 Å². The first-order chi connectivity index (χ1) is 12.1. The zero-order valence-corrected chi connectivity index (χ0v) is 15.5. The van der Waals surface area contributed by atoms with Crippen molar-refractivity contribution >= 4 is 5.91 Å². The number of amides is 1. The maximum Gasteiger partial charge on any atom is 0.225 e. The second kappa shape index (κ2) is 7.06. The Hall–Kier alpha value is -1.42. The number of rotatable bonds is 3. The van der Waals surface area contributed by atoms with Crippen LogP contribution in [0.4, 0.5) is 0 Å². The van der Waals surface area contributed by atoms with Crippen LogP contribution in [0.2, 0.25) is 0 Å². The number of piperidine rings is 1. The first-order valence-corrected chi connectivity index (χ1v) is 10.1. The topological polar surface area (TPSA) is 36.4 Å². The monoisotopic (exact) mass is 341 g/mol. The Bertz CT molecular complexity index is 617. The van der Waals surface area contributed by atoms with E-state index in [-0.39, 0.29) is 0 Å². The van der Waals surface area contributed by atoms with E-state index in [2.05, 4.69) is 39.9 Å². The minimum absolute atomic E-state index is 0.375. The van der Waals surface area contributed by atoms with Gasteiger partial charge in [-0.1, -0.05) is 6.07 Å². The van der Waals surface area contributed by atoms with Gasteiger partial charge in [-0.2, -0.15) is 0 Å². The van der Waals surface area contributed by atoms with Gasteiger partial charge in [-0.3, -0.25) is 14.7 Å². The molecule has 4 heteroatoms. The van der Waals surface area contributed by atoms with Gasteiger partial charge in [0.2, 0.25) is 5.91 Å². The number of nitrogens with zero attached hydrogens (tertiary/aromatic N) is 3. The Morgan fingerprint density at radius 3 is 2.60 bits per heavy atom. The van der Waals surface area contributed by atoms with Gasteiger partial charge in [0.15, 0.2) is 0 Å². The van der Waals surface area contributed by atoms with Crippen LogP contribution in [-0.4, -0.2) is 46.9 Å². The molecule has 1 saturated carbocycles. The number of hydrogen-bond acceptors (Lipinski definition) is 3. The molecular formula is C21H31N3O.